The van der Waals surface area contributed by atoms with Crippen LogP contribution in [0.3, 0.4) is 0 Å². The van der Waals surface area contributed by atoms with Crippen molar-refractivity contribution in [3.05, 3.63) is 56.8 Å². The minimum atomic E-state index is -3.61. The van der Waals surface area contributed by atoms with Gasteiger partial charge >= 0.3 is 0 Å². The number of rotatable bonds is 4. The number of carbonyl (C=O) groups excluding carboxylic acids is 1. The van der Waals surface area contributed by atoms with Crippen LogP contribution in [0.25, 0.3) is 10.2 Å². The number of aromatic nitrogens is 1. The number of benzene rings is 2. The summed E-state index contributed by atoms with van der Waals surface area (Å²) in [5.74, 6) is -0.469. The summed E-state index contributed by atoms with van der Waals surface area (Å²) in [5, 5.41) is 1.06. The summed E-state index contributed by atoms with van der Waals surface area (Å²) in [6, 6.07) is 9.37. The zero-order valence-electron chi connectivity index (χ0n) is 17.7. The Bertz CT molecular complexity index is 1340. The number of fused-ring (bicyclic) bond motifs is 1. The molecule has 10 heteroatoms. The lowest BCUT2D eigenvalue weighted by atomic mass is 9.96. The van der Waals surface area contributed by atoms with Gasteiger partial charge in [-0.3, -0.25) is 4.79 Å². The minimum Gasteiger partial charge on any atom is -0.318 e. The normalized spacial score (nSPS) is 16.2. The quantitative estimate of drug-likeness (QED) is 0.480. The van der Waals surface area contributed by atoms with Crippen LogP contribution in [0, 0.1) is 0 Å². The first kappa shape index (κ1) is 23.4. The molecule has 4 rings (SSSR count). The van der Waals surface area contributed by atoms with E-state index in [0.29, 0.717) is 25.9 Å². The molecule has 0 radical (unpaired) electrons. The summed E-state index contributed by atoms with van der Waals surface area (Å²) in [4.78, 5) is 17.6. The van der Waals surface area contributed by atoms with E-state index < -0.39 is 15.9 Å². The fourth-order valence-electron chi connectivity index (χ4n) is 4.01. The van der Waals surface area contributed by atoms with Crippen LogP contribution >= 0.6 is 34.5 Å². The van der Waals surface area contributed by atoms with Gasteiger partial charge in [0.2, 0.25) is 10.0 Å². The second kappa shape index (κ2) is 9.27. The maximum Gasteiger partial charge on any atom is 0.279 e. The zero-order chi connectivity index (χ0) is 23.0. The lowest BCUT2D eigenvalue weighted by molar-refractivity contribution is 0.0998. The first-order valence-corrected chi connectivity index (χ1v) is 13.3. The monoisotopic (exact) mass is 511 g/mol. The molecule has 170 valence electrons. The van der Waals surface area contributed by atoms with Gasteiger partial charge in [0.25, 0.3) is 5.91 Å². The Morgan fingerprint density at radius 1 is 1.06 bits per heavy atom. The lowest BCUT2D eigenvalue weighted by Crippen LogP contribution is -2.38. The van der Waals surface area contributed by atoms with Crippen LogP contribution < -0.4 is 4.80 Å². The second-order valence-electron chi connectivity index (χ2n) is 7.91. The van der Waals surface area contributed by atoms with Gasteiger partial charge in [-0.25, -0.2) is 8.42 Å². The number of thiazole rings is 1. The van der Waals surface area contributed by atoms with Gasteiger partial charge in [0, 0.05) is 25.7 Å². The van der Waals surface area contributed by atoms with E-state index in [2.05, 4.69) is 4.99 Å². The summed E-state index contributed by atoms with van der Waals surface area (Å²) in [7, 11) is -0.209. The summed E-state index contributed by atoms with van der Waals surface area (Å²) in [5.41, 5.74) is 1.02. The largest absolute Gasteiger partial charge is 0.318 e. The fourth-order valence-corrected chi connectivity index (χ4v) is 7.09. The molecule has 1 heterocycles. The van der Waals surface area contributed by atoms with Crippen LogP contribution in [0.4, 0.5) is 0 Å². The van der Waals surface area contributed by atoms with Crippen LogP contribution in [0.15, 0.2) is 46.3 Å². The summed E-state index contributed by atoms with van der Waals surface area (Å²) in [6.45, 7) is 0. The van der Waals surface area contributed by atoms with E-state index in [-0.39, 0.29) is 10.9 Å². The molecule has 1 aliphatic carbocycles. The number of carbonyl (C=O) groups is 1. The Labute approximate surface area is 201 Å². The van der Waals surface area contributed by atoms with Gasteiger partial charge in [-0.1, -0.05) is 53.8 Å². The van der Waals surface area contributed by atoms with E-state index >= 15 is 0 Å². The average Bonchev–Trinajstić information content (AvgIpc) is 3.13. The van der Waals surface area contributed by atoms with E-state index in [1.54, 1.807) is 30.8 Å². The van der Waals surface area contributed by atoms with Crippen LogP contribution in [0.5, 0.6) is 0 Å². The highest BCUT2D eigenvalue weighted by molar-refractivity contribution is 7.89. The van der Waals surface area contributed by atoms with E-state index in [1.165, 1.54) is 39.9 Å². The van der Waals surface area contributed by atoms with E-state index in [1.807, 2.05) is 0 Å². The molecule has 0 saturated heterocycles. The number of aryl methyl sites for hydroxylation is 1. The van der Waals surface area contributed by atoms with Gasteiger partial charge in [0.1, 0.15) is 0 Å². The highest BCUT2D eigenvalue weighted by Gasteiger charge is 2.29. The second-order valence-corrected chi connectivity index (χ2v) is 11.7. The molecular formula is C22H23Cl2N3O3S2. The molecule has 3 aromatic rings. The third-order valence-corrected chi connectivity index (χ3v) is 9.74. The van der Waals surface area contributed by atoms with Gasteiger partial charge in [-0.15, -0.1) is 0 Å². The van der Waals surface area contributed by atoms with Gasteiger partial charge < -0.3 is 4.57 Å². The van der Waals surface area contributed by atoms with Crippen molar-refractivity contribution in [1.29, 1.82) is 0 Å². The first-order chi connectivity index (χ1) is 15.2. The van der Waals surface area contributed by atoms with Crippen molar-refractivity contribution >= 4 is 60.7 Å². The molecule has 32 heavy (non-hydrogen) atoms. The van der Waals surface area contributed by atoms with E-state index in [0.717, 1.165) is 36.8 Å². The third kappa shape index (κ3) is 4.39. The Kier molecular flexibility index (Phi) is 6.79. The SMILES string of the molecule is CN(C1CCCCC1)S(=O)(=O)c1ccc(C(=O)N=c2sc3c(Cl)ccc(Cl)c3n2C)cc1. The predicted molar refractivity (Wildman–Crippen MR) is 129 cm³/mol. The molecule has 0 atom stereocenters. The van der Waals surface area contributed by atoms with Crippen LogP contribution in [-0.4, -0.2) is 36.3 Å². The highest BCUT2D eigenvalue weighted by Crippen LogP contribution is 2.31. The maximum absolute atomic E-state index is 13.0. The van der Waals surface area contributed by atoms with Crippen molar-refractivity contribution in [3.63, 3.8) is 0 Å². The highest BCUT2D eigenvalue weighted by atomic mass is 35.5. The van der Waals surface area contributed by atoms with Crippen molar-refractivity contribution in [2.75, 3.05) is 7.05 Å². The molecule has 2 aromatic carbocycles. The van der Waals surface area contributed by atoms with Crippen molar-refractivity contribution < 1.29 is 13.2 Å². The Hall–Kier alpha value is -1.71. The minimum absolute atomic E-state index is 0.0247. The van der Waals surface area contributed by atoms with E-state index in [9.17, 15) is 13.2 Å². The number of halogens is 2. The summed E-state index contributed by atoms with van der Waals surface area (Å²) >= 11 is 13.8. The van der Waals surface area contributed by atoms with Crippen LogP contribution in [-0.2, 0) is 17.1 Å². The average molecular weight is 512 g/mol. The molecular weight excluding hydrogens is 489 g/mol. The molecule has 0 N–H and O–H groups in total. The van der Waals surface area contributed by atoms with Gasteiger partial charge in [-0.05, 0) is 49.2 Å². The van der Waals surface area contributed by atoms with Crippen molar-refractivity contribution in [3.8, 4) is 0 Å². The number of hydrogen-bond acceptors (Lipinski definition) is 4. The fraction of sp³-hybridized carbons (Fsp3) is 0.364. The van der Waals surface area contributed by atoms with Gasteiger partial charge in [0.05, 0.1) is 25.2 Å². The Balaban J connectivity index is 1.61. The predicted octanol–water partition coefficient (Wildman–Crippen LogP) is 5.24. The molecule has 1 aliphatic rings. The molecule has 1 saturated carbocycles. The maximum atomic E-state index is 13.0. The Morgan fingerprint density at radius 3 is 2.31 bits per heavy atom. The lowest BCUT2D eigenvalue weighted by Gasteiger charge is -2.30. The Morgan fingerprint density at radius 2 is 1.69 bits per heavy atom. The summed E-state index contributed by atoms with van der Waals surface area (Å²) in [6.07, 6.45) is 5.01. The molecule has 0 spiro atoms. The molecule has 1 amide bonds. The van der Waals surface area contributed by atoms with Crippen molar-refractivity contribution in [1.82, 2.24) is 8.87 Å². The molecule has 6 nitrogen and oxygen atoms in total. The molecule has 0 aliphatic heterocycles. The van der Waals surface area contributed by atoms with Crippen molar-refractivity contribution in [2.45, 2.75) is 43.0 Å². The number of hydrogen-bond donors (Lipinski definition) is 0. The topological polar surface area (TPSA) is 71.7 Å². The van der Waals surface area contributed by atoms with Crippen LogP contribution in [0.1, 0.15) is 42.5 Å². The molecule has 1 fully saturated rings. The first-order valence-electron chi connectivity index (χ1n) is 10.3. The summed E-state index contributed by atoms with van der Waals surface area (Å²) < 4.78 is 30.0. The van der Waals surface area contributed by atoms with E-state index in [4.69, 9.17) is 23.2 Å². The number of nitrogens with zero attached hydrogens (tertiary/aromatic N) is 3. The number of amides is 1. The zero-order valence-corrected chi connectivity index (χ0v) is 20.9. The standard InChI is InChI=1S/C22H23Cl2N3O3S2/c1-26-19-17(23)12-13-18(24)20(19)31-22(26)25-21(28)14-8-10-16(11-9-14)32(29,30)27(2)15-6-4-3-5-7-15/h8-13,15H,3-7H2,1-2H3. The van der Waals surface area contributed by atoms with Gasteiger partial charge in [0.15, 0.2) is 4.80 Å². The third-order valence-electron chi connectivity index (χ3n) is 5.91. The van der Waals surface area contributed by atoms with Crippen LogP contribution in [0.2, 0.25) is 10.0 Å². The number of sulfonamides is 1. The van der Waals surface area contributed by atoms with Crippen molar-refractivity contribution in [2.24, 2.45) is 12.0 Å². The molecule has 0 bridgehead atoms. The molecule has 0 unspecified atom stereocenters. The molecule has 1 aromatic heterocycles. The smallest absolute Gasteiger partial charge is 0.279 e. The van der Waals surface area contributed by atoms with Gasteiger partial charge in [-0.2, -0.15) is 9.30 Å².